The predicted molar refractivity (Wildman–Crippen MR) is 93.8 cm³/mol. The Balaban J connectivity index is 0.000000308. The molecule has 110 valence electrons. The SMILES string of the molecule is C1=C2CCc3cccc4ccc(c2c34)C2CC12.CC.CC. The van der Waals surface area contributed by atoms with Gasteiger partial charge in [-0.15, -0.1) is 0 Å². The maximum Gasteiger partial charge on any atom is -0.00737 e. The zero-order valence-corrected chi connectivity index (χ0v) is 13.7. The van der Waals surface area contributed by atoms with Gasteiger partial charge >= 0.3 is 0 Å². The summed E-state index contributed by atoms with van der Waals surface area (Å²) in [5, 5.41) is 3.00. The van der Waals surface area contributed by atoms with Crippen molar-refractivity contribution in [3.8, 4) is 0 Å². The molecule has 0 bridgehead atoms. The monoisotopic (exact) mass is 278 g/mol. The van der Waals surface area contributed by atoms with Gasteiger partial charge in [0.05, 0.1) is 0 Å². The fourth-order valence-corrected chi connectivity index (χ4v) is 3.91. The molecule has 21 heavy (non-hydrogen) atoms. The molecule has 0 spiro atoms. The zero-order chi connectivity index (χ0) is 15.0. The van der Waals surface area contributed by atoms with Crippen LogP contribution in [0.4, 0.5) is 0 Å². The van der Waals surface area contributed by atoms with Crippen molar-refractivity contribution in [1.29, 1.82) is 0 Å². The summed E-state index contributed by atoms with van der Waals surface area (Å²) in [4.78, 5) is 0. The number of allylic oxidation sites excluding steroid dienone is 2. The highest BCUT2D eigenvalue weighted by Gasteiger charge is 2.42. The van der Waals surface area contributed by atoms with Crippen molar-refractivity contribution >= 4 is 16.3 Å². The number of rotatable bonds is 0. The molecule has 0 aromatic heterocycles. The Hall–Kier alpha value is -1.56. The number of aryl methyl sites for hydroxylation is 1. The molecule has 3 aliphatic carbocycles. The molecule has 0 heterocycles. The quantitative estimate of drug-likeness (QED) is 0.527. The highest BCUT2D eigenvalue weighted by Crippen LogP contribution is 2.57. The lowest BCUT2D eigenvalue weighted by Crippen LogP contribution is -2.07. The molecule has 0 radical (unpaired) electrons. The van der Waals surface area contributed by atoms with Crippen molar-refractivity contribution in [2.24, 2.45) is 5.92 Å². The molecule has 2 atom stereocenters. The number of hydrogen-bond donors (Lipinski definition) is 0. The van der Waals surface area contributed by atoms with Crippen LogP contribution in [0.1, 0.15) is 63.1 Å². The smallest absolute Gasteiger partial charge is 0.00737 e. The highest BCUT2D eigenvalue weighted by molar-refractivity contribution is 6.00. The maximum absolute atomic E-state index is 2.57. The third-order valence-electron chi connectivity index (χ3n) is 4.80. The lowest BCUT2D eigenvalue weighted by atomic mass is 9.79. The van der Waals surface area contributed by atoms with Crippen molar-refractivity contribution in [3.63, 3.8) is 0 Å². The van der Waals surface area contributed by atoms with E-state index >= 15 is 0 Å². The van der Waals surface area contributed by atoms with Crippen LogP contribution in [0.25, 0.3) is 16.3 Å². The van der Waals surface area contributed by atoms with Gasteiger partial charge < -0.3 is 0 Å². The minimum Gasteiger partial charge on any atom is -0.0769 e. The van der Waals surface area contributed by atoms with E-state index in [1.165, 1.54) is 24.6 Å². The lowest BCUT2D eigenvalue weighted by molar-refractivity contribution is 0.933. The molecule has 2 unspecified atom stereocenters. The molecule has 3 aliphatic rings. The van der Waals surface area contributed by atoms with E-state index in [0.29, 0.717) is 0 Å². The van der Waals surface area contributed by atoms with Gasteiger partial charge in [-0.1, -0.05) is 64.1 Å². The van der Waals surface area contributed by atoms with Crippen LogP contribution in [0.5, 0.6) is 0 Å². The van der Waals surface area contributed by atoms with Crippen molar-refractivity contribution in [1.82, 2.24) is 0 Å². The number of fused-ring (bicyclic) bond motifs is 2. The normalized spacial score (nSPS) is 23.0. The van der Waals surface area contributed by atoms with Crippen LogP contribution in [-0.2, 0) is 6.42 Å². The van der Waals surface area contributed by atoms with E-state index in [0.717, 1.165) is 11.8 Å². The molecular formula is C21H26. The summed E-state index contributed by atoms with van der Waals surface area (Å²) >= 11 is 0. The Labute approximate surface area is 128 Å². The van der Waals surface area contributed by atoms with Gasteiger partial charge in [-0.05, 0) is 64.1 Å². The average molecular weight is 278 g/mol. The number of hydrogen-bond acceptors (Lipinski definition) is 0. The van der Waals surface area contributed by atoms with Crippen LogP contribution in [0.3, 0.4) is 0 Å². The molecule has 2 aromatic carbocycles. The highest BCUT2D eigenvalue weighted by atomic mass is 14.5. The largest absolute Gasteiger partial charge is 0.0769 e. The van der Waals surface area contributed by atoms with Crippen molar-refractivity contribution in [2.75, 3.05) is 0 Å². The van der Waals surface area contributed by atoms with Crippen LogP contribution >= 0.6 is 0 Å². The minimum absolute atomic E-state index is 0.851. The van der Waals surface area contributed by atoms with Gasteiger partial charge in [0.1, 0.15) is 0 Å². The van der Waals surface area contributed by atoms with Gasteiger partial charge in [-0.2, -0.15) is 0 Å². The van der Waals surface area contributed by atoms with Gasteiger partial charge in [0, 0.05) is 0 Å². The predicted octanol–water partition coefficient (Wildman–Crippen LogP) is 6.34. The first-order valence-electron chi connectivity index (χ1n) is 8.67. The summed E-state index contributed by atoms with van der Waals surface area (Å²) in [6.45, 7) is 8.00. The third kappa shape index (κ3) is 2.12. The van der Waals surface area contributed by atoms with Gasteiger partial charge in [-0.3, -0.25) is 0 Å². The first-order valence-corrected chi connectivity index (χ1v) is 8.67. The van der Waals surface area contributed by atoms with Crippen molar-refractivity contribution in [2.45, 2.75) is 52.9 Å². The second kappa shape index (κ2) is 5.67. The molecule has 1 fully saturated rings. The summed E-state index contributed by atoms with van der Waals surface area (Å²) in [6, 6.07) is 11.5. The maximum atomic E-state index is 2.57. The number of benzene rings is 2. The molecule has 0 heteroatoms. The molecule has 5 rings (SSSR count). The van der Waals surface area contributed by atoms with Crippen LogP contribution in [0.2, 0.25) is 0 Å². The summed E-state index contributed by atoms with van der Waals surface area (Å²) in [5.41, 5.74) is 6.47. The lowest BCUT2D eigenvalue weighted by Gasteiger charge is -2.25. The third-order valence-corrected chi connectivity index (χ3v) is 4.80. The minimum atomic E-state index is 0.851. The fraction of sp³-hybridized carbons (Fsp3) is 0.429. The van der Waals surface area contributed by atoms with Gasteiger partial charge in [0.25, 0.3) is 0 Å². The van der Waals surface area contributed by atoms with Crippen LogP contribution < -0.4 is 0 Å². The molecule has 1 saturated carbocycles. The second-order valence-electron chi connectivity index (χ2n) is 5.74. The van der Waals surface area contributed by atoms with E-state index in [1.54, 1.807) is 27.6 Å². The summed E-state index contributed by atoms with van der Waals surface area (Å²) in [6.07, 6.45) is 6.45. The molecule has 0 amide bonds. The first kappa shape index (κ1) is 14.4. The Morgan fingerprint density at radius 2 is 1.71 bits per heavy atom. The first-order chi connectivity index (χ1) is 10.4. The van der Waals surface area contributed by atoms with Gasteiger partial charge in [-0.25, -0.2) is 0 Å². The fourth-order valence-electron chi connectivity index (χ4n) is 3.91. The van der Waals surface area contributed by atoms with Gasteiger partial charge in [0.15, 0.2) is 0 Å². The Morgan fingerprint density at radius 3 is 2.52 bits per heavy atom. The summed E-state index contributed by atoms with van der Waals surface area (Å²) in [7, 11) is 0. The molecule has 0 nitrogen and oxygen atoms in total. The van der Waals surface area contributed by atoms with Gasteiger partial charge in [0.2, 0.25) is 0 Å². The second-order valence-corrected chi connectivity index (χ2v) is 5.74. The van der Waals surface area contributed by atoms with E-state index < -0.39 is 0 Å². The average Bonchev–Trinajstić information content (AvgIpc) is 3.35. The molecule has 2 aromatic rings. The zero-order valence-electron chi connectivity index (χ0n) is 13.7. The Kier molecular flexibility index (Phi) is 3.89. The molecule has 0 saturated heterocycles. The summed E-state index contributed by atoms with van der Waals surface area (Å²) < 4.78 is 0. The van der Waals surface area contributed by atoms with Crippen LogP contribution in [0.15, 0.2) is 36.4 Å². The van der Waals surface area contributed by atoms with E-state index in [-0.39, 0.29) is 0 Å². The molecule has 0 aliphatic heterocycles. The standard InChI is InChI=1S/C17H14.2C2H6/c1-2-10-4-5-12-8-13-9-15(13)14-7-6-11(3-1)16(10)17(12)14;2*1-2/h1-3,6-8,13,15H,4-5,9H2;2*1-2H3. The van der Waals surface area contributed by atoms with Crippen LogP contribution in [-0.4, -0.2) is 0 Å². The summed E-state index contributed by atoms with van der Waals surface area (Å²) in [5.74, 6) is 1.73. The van der Waals surface area contributed by atoms with Crippen molar-refractivity contribution < 1.29 is 0 Å². The Bertz CT molecular complexity index is 690. The van der Waals surface area contributed by atoms with E-state index in [1.807, 2.05) is 27.7 Å². The van der Waals surface area contributed by atoms with E-state index in [2.05, 4.69) is 36.4 Å². The van der Waals surface area contributed by atoms with Crippen molar-refractivity contribution in [3.05, 3.63) is 53.1 Å². The topological polar surface area (TPSA) is 0 Å². The van der Waals surface area contributed by atoms with Crippen LogP contribution in [0, 0.1) is 5.92 Å². The molecular weight excluding hydrogens is 252 g/mol. The van der Waals surface area contributed by atoms with E-state index in [9.17, 15) is 0 Å². The Morgan fingerprint density at radius 1 is 0.905 bits per heavy atom. The molecule has 0 N–H and O–H groups in total. The van der Waals surface area contributed by atoms with E-state index in [4.69, 9.17) is 0 Å².